The van der Waals surface area contributed by atoms with Crippen LogP contribution in [0.25, 0.3) is 10.2 Å². The number of nitrogens with one attached hydrogen (secondary N) is 1. The summed E-state index contributed by atoms with van der Waals surface area (Å²) in [6, 6.07) is 3.74. The van der Waals surface area contributed by atoms with Gasteiger partial charge in [-0.25, -0.2) is 4.98 Å². The van der Waals surface area contributed by atoms with Gasteiger partial charge in [0.15, 0.2) is 0 Å². The normalized spacial score (nSPS) is 15.5. The molecule has 0 aromatic carbocycles. The molecule has 0 fully saturated rings. The lowest BCUT2D eigenvalue weighted by Gasteiger charge is -2.26. The maximum absolute atomic E-state index is 12.9. The van der Waals surface area contributed by atoms with E-state index in [1.54, 1.807) is 17.6 Å². The zero-order chi connectivity index (χ0) is 22.0. The average molecular weight is 446 g/mol. The van der Waals surface area contributed by atoms with Crippen LogP contribution in [-0.4, -0.2) is 44.8 Å². The van der Waals surface area contributed by atoms with E-state index in [9.17, 15) is 9.90 Å². The molecule has 0 spiro atoms. The predicted molar refractivity (Wildman–Crippen MR) is 121 cm³/mol. The molecule has 1 aliphatic rings. The van der Waals surface area contributed by atoms with Gasteiger partial charge in [-0.3, -0.25) is 9.69 Å². The molecule has 1 aliphatic carbocycles. The van der Waals surface area contributed by atoms with Crippen molar-refractivity contribution in [3.8, 4) is 0 Å². The molecule has 0 radical (unpaired) electrons. The number of fused-ring (bicyclic) bond motifs is 3. The average Bonchev–Trinajstić information content (AvgIpc) is 3.33. The first-order valence-electron chi connectivity index (χ1n) is 10.9. The van der Waals surface area contributed by atoms with Crippen molar-refractivity contribution in [1.29, 1.82) is 0 Å². The Morgan fingerprint density at radius 3 is 2.87 bits per heavy atom. The molecule has 7 nitrogen and oxygen atoms in total. The van der Waals surface area contributed by atoms with Crippen LogP contribution in [0.1, 0.15) is 55.6 Å². The molecule has 0 unspecified atom stereocenters. The van der Waals surface area contributed by atoms with E-state index < -0.39 is 6.10 Å². The smallest absolute Gasteiger partial charge is 0.259 e. The number of aromatic amines is 1. The molecule has 3 aromatic rings. The molecule has 0 aliphatic heterocycles. The number of nitrogens with zero attached hydrogens (tertiary/aromatic N) is 2. The van der Waals surface area contributed by atoms with E-state index in [1.165, 1.54) is 16.9 Å². The standard InChI is InChI=1S/C23H31N3O4S/c1-23(2,3)30-14-15(27)11-26(12-16-7-6-10-29-16)13-19-24-21(28)20-17-8-4-5-9-18(17)31-22(20)25-19/h6-7,10,15,27H,4-5,8-9,11-14H2,1-3H3,(H,24,25,28)/t15-/m0/s1. The van der Waals surface area contributed by atoms with E-state index in [-0.39, 0.29) is 17.8 Å². The Bertz CT molecular complexity index is 1070. The minimum atomic E-state index is -0.668. The number of hydrogen-bond acceptors (Lipinski definition) is 7. The number of ether oxygens (including phenoxy) is 1. The number of aliphatic hydroxyl groups is 1. The number of furan rings is 1. The summed E-state index contributed by atoms with van der Waals surface area (Å²) in [7, 11) is 0. The molecular formula is C23H31N3O4S. The van der Waals surface area contributed by atoms with Gasteiger partial charge >= 0.3 is 0 Å². The molecule has 0 saturated carbocycles. The van der Waals surface area contributed by atoms with E-state index in [0.29, 0.717) is 25.5 Å². The summed E-state index contributed by atoms with van der Waals surface area (Å²) in [5.74, 6) is 1.39. The van der Waals surface area contributed by atoms with E-state index in [4.69, 9.17) is 14.1 Å². The van der Waals surface area contributed by atoms with E-state index in [0.717, 1.165) is 35.2 Å². The molecule has 3 aromatic heterocycles. The largest absolute Gasteiger partial charge is 0.468 e. The van der Waals surface area contributed by atoms with Gasteiger partial charge in [-0.2, -0.15) is 0 Å². The number of hydrogen-bond donors (Lipinski definition) is 2. The Morgan fingerprint density at radius 1 is 1.32 bits per heavy atom. The Kier molecular flexibility index (Phi) is 6.62. The summed E-state index contributed by atoms with van der Waals surface area (Å²) >= 11 is 1.65. The topological polar surface area (TPSA) is 91.6 Å². The molecule has 8 heteroatoms. The highest BCUT2D eigenvalue weighted by atomic mass is 32.1. The summed E-state index contributed by atoms with van der Waals surface area (Å²) in [5, 5.41) is 11.3. The lowest BCUT2D eigenvalue weighted by Crippen LogP contribution is -2.37. The van der Waals surface area contributed by atoms with Gasteiger partial charge in [0.2, 0.25) is 0 Å². The maximum atomic E-state index is 12.9. The van der Waals surface area contributed by atoms with Crippen LogP contribution in [-0.2, 0) is 30.7 Å². The maximum Gasteiger partial charge on any atom is 0.259 e. The fraction of sp³-hybridized carbons (Fsp3) is 0.565. The summed E-state index contributed by atoms with van der Waals surface area (Å²) in [6.07, 6.45) is 5.27. The quantitative estimate of drug-likeness (QED) is 0.550. The summed E-state index contributed by atoms with van der Waals surface area (Å²) in [6.45, 7) is 7.40. The van der Waals surface area contributed by atoms with E-state index in [2.05, 4.69) is 4.98 Å². The predicted octanol–water partition coefficient (Wildman–Crippen LogP) is 3.63. The number of aromatic nitrogens is 2. The highest BCUT2D eigenvalue weighted by Gasteiger charge is 2.22. The van der Waals surface area contributed by atoms with Crippen LogP contribution < -0.4 is 5.56 Å². The Balaban J connectivity index is 1.54. The van der Waals surface area contributed by atoms with Crippen molar-refractivity contribution < 1.29 is 14.3 Å². The zero-order valence-corrected chi connectivity index (χ0v) is 19.3. The minimum absolute atomic E-state index is 0.0611. The lowest BCUT2D eigenvalue weighted by atomic mass is 9.97. The van der Waals surface area contributed by atoms with Crippen LogP contribution in [0.3, 0.4) is 0 Å². The first kappa shape index (κ1) is 22.2. The second-order valence-electron chi connectivity index (χ2n) is 9.23. The SMILES string of the molecule is CC(C)(C)OC[C@@H](O)CN(Cc1nc2sc3c(c2c(=O)[nH]1)CCCC3)Cc1ccco1. The van der Waals surface area contributed by atoms with Gasteiger partial charge in [-0.1, -0.05) is 0 Å². The van der Waals surface area contributed by atoms with Crippen LogP contribution >= 0.6 is 11.3 Å². The van der Waals surface area contributed by atoms with Crippen LogP contribution in [0, 0.1) is 0 Å². The van der Waals surface area contributed by atoms with Gasteiger partial charge in [0.05, 0.1) is 43.1 Å². The third-order valence-corrected chi connectivity index (χ3v) is 6.57. The molecular weight excluding hydrogens is 414 g/mol. The number of H-pyrrole nitrogens is 1. The molecule has 168 valence electrons. The van der Waals surface area contributed by atoms with Crippen molar-refractivity contribution in [2.24, 2.45) is 0 Å². The van der Waals surface area contributed by atoms with Gasteiger partial charge in [-0.05, 0) is 64.2 Å². The molecule has 2 N–H and O–H groups in total. The van der Waals surface area contributed by atoms with E-state index in [1.807, 2.05) is 37.8 Å². The highest BCUT2D eigenvalue weighted by molar-refractivity contribution is 7.18. The van der Waals surface area contributed by atoms with Crippen LogP contribution in [0.4, 0.5) is 0 Å². The van der Waals surface area contributed by atoms with Crippen LogP contribution in [0.2, 0.25) is 0 Å². The monoisotopic (exact) mass is 445 g/mol. The van der Waals surface area contributed by atoms with Gasteiger partial charge in [-0.15, -0.1) is 11.3 Å². The molecule has 4 rings (SSSR count). The molecule has 31 heavy (non-hydrogen) atoms. The highest BCUT2D eigenvalue weighted by Crippen LogP contribution is 2.33. The van der Waals surface area contributed by atoms with Gasteiger partial charge in [0, 0.05) is 11.4 Å². The van der Waals surface area contributed by atoms with Crippen molar-refractivity contribution in [2.45, 2.75) is 71.2 Å². The van der Waals surface area contributed by atoms with Gasteiger partial charge in [0.25, 0.3) is 5.56 Å². The fourth-order valence-electron chi connectivity index (χ4n) is 4.00. The fourth-order valence-corrected chi connectivity index (χ4v) is 5.28. The minimum Gasteiger partial charge on any atom is -0.468 e. The van der Waals surface area contributed by atoms with Crippen LogP contribution in [0.15, 0.2) is 27.6 Å². The van der Waals surface area contributed by atoms with Gasteiger partial charge in [0.1, 0.15) is 16.4 Å². The third-order valence-electron chi connectivity index (χ3n) is 5.38. The van der Waals surface area contributed by atoms with Crippen molar-refractivity contribution in [1.82, 2.24) is 14.9 Å². The summed E-state index contributed by atoms with van der Waals surface area (Å²) in [4.78, 5) is 24.8. The number of aryl methyl sites for hydroxylation is 2. The zero-order valence-electron chi connectivity index (χ0n) is 18.4. The molecule has 3 heterocycles. The summed E-state index contributed by atoms with van der Waals surface area (Å²) < 4.78 is 11.2. The van der Waals surface area contributed by atoms with Gasteiger partial charge < -0.3 is 19.2 Å². The van der Waals surface area contributed by atoms with Crippen molar-refractivity contribution in [3.63, 3.8) is 0 Å². The first-order chi connectivity index (χ1) is 14.8. The number of rotatable bonds is 8. The second-order valence-corrected chi connectivity index (χ2v) is 10.3. The lowest BCUT2D eigenvalue weighted by molar-refractivity contribution is -0.0577. The van der Waals surface area contributed by atoms with Crippen molar-refractivity contribution in [3.05, 3.63) is 50.8 Å². The molecule has 0 amide bonds. The Hall–Kier alpha value is -2.00. The van der Waals surface area contributed by atoms with Crippen LogP contribution in [0.5, 0.6) is 0 Å². The van der Waals surface area contributed by atoms with E-state index >= 15 is 0 Å². The number of aliphatic hydroxyl groups excluding tert-OH is 1. The molecule has 0 saturated heterocycles. The van der Waals surface area contributed by atoms with Crippen molar-refractivity contribution in [2.75, 3.05) is 13.2 Å². The van der Waals surface area contributed by atoms with Crippen molar-refractivity contribution >= 4 is 21.6 Å². The molecule has 0 bridgehead atoms. The third kappa shape index (κ3) is 5.63. The Morgan fingerprint density at radius 2 is 2.13 bits per heavy atom. The summed E-state index contributed by atoms with van der Waals surface area (Å²) in [5.41, 5.74) is 0.811. The number of thiophene rings is 1. The second kappa shape index (κ2) is 9.24. The Labute approximate surface area is 186 Å². The first-order valence-corrected chi connectivity index (χ1v) is 11.7. The molecule has 1 atom stereocenters.